The molecular weight excluding hydrogens is 220 g/mol. The Morgan fingerprint density at radius 2 is 1.72 bits per heavy atom. The van der Waals surface area contributed by atoms with Gasteiger partial charge in [0.05, 0.1) is 0 Å². The van der Waals surface area contributed by atoms with E-state index in [-0.39, 0.29) is 0 Å². The van der Waals surface area contributed by atoms with Crippen molar-refractivity contribution in [2.75, 3.05) is 25.0 Å². The normalized spacial score (nSPS) is 17.3. The number of benzene rings is 1. The van der Waals surface area contributed by atoms with Crippen LogP contribution in [0.25, 0.3) is 0 Å². The van der Waals surface area contributed by atoms with E-state index < -0.39 is 0 Å². The molecule has 2 rings (SSSR count). The average Bonchev–Trinajstić information content (AvgIpc) is 2.30. The van der Waals surface area contributed by atoms with Gasteiger partial charge in [0.1, 0.15) is 0 Å². The molecule has 1 aliphatic heterocycles. The first-order valence-electron chi connectivity index (χ1n) is 7.30. The Kier molecular flexibility index (Phi) is 5.06. The van der Waals surface area contributed by atoms with Gasteiger partial charge in [-0.05, 0) is 38.4 Å². The predicted octanol–water partition coefficient (Wildman–Crippen LogP) is 3.48. The van der Waals surface area contributed by atoms with E-state index >= 15 is 0 Å². The van der Waals surface area contributed by atoms with Gasteiger partial charge in [0.2, 0.25) is 0 Å². The van der Waals surface area contributed by atoms with E-state index in [9.17, 15) is 0 Å². The molecule has 0 aromatic heterocycles. The van der Waals surface area contributed by atoms with Gasteiger partial charge in [-0.1, -0.05) is 37.0 Å². The minimum atomic E-state index is 0.966. The van der Waals surface area contributed by atoms with Gasteiger partial charge >= 0.3 is 0 Å². The predicted molar refractivity (Wildman–Crippen MR) is 79.2 cm³/mol. The number of anilines is 1. The first-order chi connectivity index (χ1) is 8.81. The molecule has 0 bridgehead atoms. The van der Waals surface area contributed by atoms with Crippen LogP contribution < -0.4 is 10.2 Å². The minimum Gasteiger partial charge on any atom is -0.371 e. The molecule has 1 aromatic rings. The summed E-state index contributed by atoms with van der Waals surface area (Å²) < 4.78 is 0. The lowest BCUT2D eigenvalue weighted by Gasteiger charge is -2.29. The summed E-state index contributed by atoms with van der Waals surface area (Å²) in [6.07, 6.45) is 6.89. The van der Waals surface area contributed by atoms with Crippen molar-refractivity contribution in [2.24, 2.45) is 0 Å². The second kappa shape index (κ2) is 6.79. The van der Waals surface area contributed by atoms with Crippen molar-refractivity contribution in [1.82, 2.24) is 5.32 Å². The summed E-state index contributed by atoms with van der Waals surface area (Å²) >= 11 is 0. The molecule has 0 radical (unpaired) electrons. The van der Waals surface area contributed by atoms with Gasteiger partial charge < -0.3 is 10.2 Å². The number of hydrogen-bond donors (Lipinski definition) is 1. The SMILES string of the molecule is CNCc1cc(C)ccc1N1CCCCCCC1. The summed E-state index contributed by atoms with van der Waals surface area (Å²) in [5.41, 5.74) is 4.24. The van der Waals surface area contributed by atoms with Gasteiger partial charge in [-0.25, -0.2) is 0 Å². The Morgan fingerprint density at radius 1 is 1.06 bits per heavy atom. The number of hydrogen-bond acceptors (Lipinski definition) is 2. The van der Waals surface area contributed by atoms with Crippen molar-refractivity contribution >= 4 is 5.69 Å². The van der Waals surface area contributed by atoms with Crippen molar-refractivity contribution in [3.05, 3.63) is 29.3 Å². The molecule has 18 heavy (non-hydrogen) atoms. The molecule has 0 spiro atoms. The first kappa shape index (κ1) is 13.4. The van der Waals surface area contributed by atoms with Crippen molar-refractivity contribution in [2.45, 2.75) is 45.6 Å². The highest BCUT2D eigenvalue weighted by molar-refractivity contribution is 5.55. The van der Waals surface area contributed by atoms with Crippen LogP contribution >= 0.6 is 0 Å². The maximum absolute atomic E-state index is 3.29. The third kappa shape index (κ3) is 3.49. The van der Waals surface area contributed by atoms with E-state index in [1.807, 2.05) is 7.05 Å². The van der Waals surface area contributed by atoms with Crippen LogP contribution in [0.2, 0.25) is 0 Å². The van der Waals surface area contributed by atoms with Crippen molar-refractivity contribution in [3.63, 3.8) is 0 Å². The third-order valence-electron chi connectivity index (χ3n) is 3.80. The molecule has 0 saturated carbocycles. The van der Waals surface area contributed by atoms with Crippen LogP contribution in [-0.4, -0.2) is 20.1 Å². The van der Waals surface area contributed by atoms with Crippen LogP contribution in [0, 0.1) is 6.92 Å². The molecule has 2 nitrogen and oxygen atoms in total. The zero-order valence-corrected chi connectivity index (χ0v) is 11.8. The molecule has 1 heterocycles. The summed E-state index contributed by atoms with van der Waals surface area (Å²) in [7, 11) is 2.03. The summed E-state index contributed by atoms with van der Waals surface area (Å²) in [6.45, 7) is 5.59. The molecule has 0 amide bonds. The molecule has 1 fully saturated rings. The van der Waals surface area contributed by atoms with E-state index in [2.05, 4.69) is 35.3 Å². The van der Waals surface area contributed by atoms with Gasteiger partial charge in [0.25, 0.3) is 0 Å². The summed E-state index contributed by atoms with van der Waals surface area (Å²) in [6, 6.07) is 6.88. The van der Waals surface area contributed by atoms with Gasteiger partial charge in [0, 0.05) is 25.3 Å². The molecule has 100 valence electrons. The standard InChI is InChI=1S/C16H26N2/c1-14-8-9-16(15(12-14)13-17-2)18-10-6-4-3-5-7-11-18/h8-9,12,17H,3-7,10-11,13H2,1-2H3. The number of rotatable bonds is 3. The molecule has 2 heteroatoms. The summed E-state index contributed by atoms with van der Waals surface area (Å²) in [4.78, 5) is 2.59. The van der Waals surface area contributed by atoms with E-state index in [1.165, 1.54) is 62.0 Å². The Morgan fingerprint density at radius 3 is 2.39 bits per heavy atom. The Labute approximate surface area is 111 Å². The lowest BCUT2D eigenvalue weighted by Crippen LogP contribution is -2.28. The number of nitrogens with zero attached hydrogens (tertiary/aromatic N) is 1. The smallest absolute Gasteiger partial charge is 0.0412 e. The monoisotopic (exact) mass is 246 g/mol. The topological polar surface area (TPSA) is 15.3 Å². The minimum absolute atomic E-state index is 0.966. The first-order valence-corrected chi connectivity index (χ1v) is 7.30. The molecule has 0 unspecified atom stereocenters. The molecular formula is C16H26N2. The van der Waals surface area contributed by atoms with Gasteiger partial charge in [-0.2, -0.15) is 0 Å². The Hall–Kier alpha value is -1.02. The maximum atomic E-state index is 3.29. The zero-order valence-electron chi connectivity index (χ0n) is 11.8. The molecule has 1 saturated heterocycles. The number of nitrogens with one attached hydrogen (secondary N) is 1. The fourth-order valence-corrected chi connectivity index (χ4v) is 2.84. The molecule has 1 aromatic carbocycles. The van der Waals surface area contributed by atoms with Crippen LogP contribution in [0.1, 0.15) is 43.2 Å². The van der Waals surface area contributed by atoms with Gasteiger partial charge in [-0.15, -0.1) is 0 Å². The quantitative estimate of drug-likeness (QED) is 0.878. The Balaban J connectivity index is 2.18. The van der Waals surface area contributed by atoms with E-state index in [0.29, 0.717) is 0 Å². The number of aryl methyl sites for hydroxylation is 1. The summed E-state index contributed by atoms with van der Waals surface area (Å²) in [5.74, 6) is 0. The molecule has 0 atom stereocenters. The van der Waals surface area contributed by atoms with E-state index in [4.69, 9.17) is 0 Å². The maximum Gasteiger partial charge on any atom is 0.0412 e. The second-order valence-electron chi connectivity index (χ2n) is 5.42. The van der Waals surface area contributed by atoms with E-state index in [1.54, 1.807) is 0 Å². The average molecular weight is 246 g/mol. The summed E-state index contributed by atoms with van der Waals surface area (Å²) in [5, 5.41) is 3.29. The Bertz CT molecular complexity index is 365. The van der Waals surface area contributed by atoms with Crippen molar-refractivity contribution < 1.29 is 0 Å². The van der Waals surface area contributed by atoms with Crippen molar-refractivity contribution in [1.29, 1.82) is 0 Å². The van der Waals surface area contributed by atoms with Gasteiger partial charge in [-0.3, -0.25) is 0 Å². The highest BCUT2D eigenvalue weighted by Gasteiger charge is 2.12. The lowest BCUT2D eigenvalue weighted by molar-refractivity contribution is 0.555. The van der Waals surface area contributed by atoms with Crippen LogP contribution in [0.5, 0.6) is 0 Å². The molecule has 1 N–H and O–H groups in total. The highest BCUT2D eigenvalue weighted by Crippen LogP contribution is 2.24. The van der Waals surface area contributed by atoms with Crippen LogP contribution in [-0.2, 0) is 6.54 Å². The van der Waals surface area contributed by atoms with Gasteiger partial charge in [0.15, 0.2) is 0 Å². The zero-order chi connectivity index (χ0) is 12.8. The third-order valence-corrected chi connectivity index (χ3v) is 3.80. The fourth-order valence-electron chi connectivity index (χ4n) is 2.84. The van der Waals surface area contributed by atoms with Crippen LogP contribution in [0.4, 0.5) is 5.69 Å². The van der Waals surface area contributed by atoms with Crippen LogP contribution in [0.3, 0.4) is 0 Å². The second-order valence-corrected chi connectivity index (χ2v) is 5.42. The van der Waals surface area contributed by atoms with Crippen LogP contribution in [0.15, 0.2) is 18.2 Å². The van der Waals surface area contributed by atoms with E-state index in [0.717, 1.165) is 6.54 Å². The molecule has 0 aliphatic carbocycles. The largest absolute Gasteiger partial charge is 0.371 e. The molecule has 1 aliphatic rings. The van der Waals surface area contributed by atoms with Crippen molar-refractivity contribution in [3.8, 4) is 0 Å². The lowest BCUT2D eigenvalue weighted by atomic mass is 10.0. The highest BCUT2D eigenvalue weighted by atomic mass is 15.1. The fraction of sp³-hybridized carbons (Fsp3) is 0.625.